The maximum Gasteiger partial charge on any atom is 0.252 e. The molecule has 4 heteroatoms. The fourth-order valence-electron chi connectivity index (χ4n) is 2.08. The molecule has 15 heavy (non-hydrogen) atoms. The van der Waals surface area contributed by atoms with Crippen LogP contribution in [0.25, 0.3) is 0 Å². The second kappa shape index (κ2) is 3.01. The molecule has 0 saturated heterocycles. The first-order valence-electron chi connectivity index (χ1n) is 4.63. The zero-order valence-electron chi connectivity index (χ0n) is 8.00. The first kappa shape index (κ1) is 10.1. The van der Waals surface area contributed by atoms with Gasteiger partial charge >= 0.3 is 0 Å². The molecule has 2 N–H and O–H groups in total. The fourth-order valence-corrected chi connectivity index (χ4v) is 2.08. The van der Waals surface area contributed by atoms with E-state index in [2.05, 4.69) is 0 Å². The molecule has 0 aliphatic heterocycles. The van der Waals surface area contributed by atoms with Crippen LogP contribution in [-0.2, 0) is 5.54 Å². The quantitative estimate of drug-likeness (QED) is 0.768. The molecule has 1 saturated carbocycles. The van der Waals surface area contributed by atoms with Gasteiger partial charge in [0, 0.05) is 12.8 Å². The van der Waals surface area contributed by atoms with Crippen molar-refractivity contribution in [2.75, 3.05) is 0 Å². The summed E-state index contributed by atoms with van der Waals surface area (Å²) in [4.78, 5) is 0. The zero-order chi connectivity index (χ0) is 11.1. The minimum Gasteiger partial charge on any atom is -0.321 e. The van der Waals surface area contributed by atoms with Gasteiger partial charge in [-0.25, -0.2) is 8.78 Å². The Bertz CT molecular complexity index is 426. The number of benzene rings is 1. The standard InChI is InChI=1S/C11H10F2N2/c12-11(13)6-10(15,7-11)9-4-2-1-3-8(9)5-14/h1-4H,6-7,15H2. The Hall–Kier alpha value is -1.47. The number of hydrogen-bond donors (Lipinski definition) is 1. The van der Waals surface area contributed by atoms with Crippen LogP contribution in [-0.4, -0.2) is 5.92 Å². The third kappa shape index (κ3) is 1.59. The van der Waals surface area contributed by atoms with Crippen LogP contribution in [0.3, 0.4) is 0 Å². The van der Waals surface area contributed by atoms with Gasteiger partial charge in [0.05, 0.1) is 17.2 Å². The van der Waals surface area contributed by atoms with Crippen molar-refractivity contribution in [2.24, 2.45) is 5.73 Å². The molecule has 1 aliphatic rings. The lowest BCUT2D eigenvalue weighted by atomic mass is 9.68. The smallest absolute Gasteiger partial charge is 0.252 e. The third-order valence-electron chi connectivity index (χ3n) is 2.73. The van der Waals surface area contributed by atoms with Crippen molar-refractivity contribution >= 4 is 0 Å². The van der Waals surface area contributed by atoms with Gasteiger partial charge in [0.1, 0.15) is 0 Å². The molecule has 0 atom stereocenters. The Kier molecular flexibility index (Phi) is 2.02. The minimum atomic E-state index is -2.68. The summed E-state index contributed by atoms with van der Waals surface area (Å²) in [6.45, 7) is 0. The van der Waals surface area contributed by atoms with Gasteiger partial charge < -0.3 is 5.73 Å². The van der Waals surface area contributed by atoms with Gasteiger partial charge in [-0.3, -0.25) is 0 Å². The van der Waals surface area contributed by atoms with Crippen LogP contribution >= 0.6 is 0 Å². The van der Waals surface area contributed by atoms with Crippen LogP contribution < -0.4 is 5.73 Å². The van der Waals surface area contributed by atoms with Gasteiger partial charge in [-0.05, 0) is 11.6 Å². The van der Waals surface area contributed by atoms with Crippen molar-refractivity contribution in [1.82, 2.24) is 0 Å². The van der Waals surface area contributed by atoms with Gasteiger partial charge in [0.15, 0.2) is 0 Å². The van der Waals surface area contributed by atoms with E-state index in [0.717, 1.165) is 0 Å². The van der Waals surface area contributed by atoms with E-state index in [-0.39, 0.29) is 12.8 Å². The zero-order valence-corrected chi connectivity index (χ0v) is 8.00. The average Bonchev–Trinajstić information content (AvgIpc) is 2.14. The SMILES string of the molecule is N#Cc1ccccc1C1(N)CC(F)(F)C1. The molecule has 2 nitrogen and oxygen atoms in total. The predicted octanol–water partition coefficient (Wildman–Crippen LogP) is 2.14. The third-order valence-corrected chi connectivity index (χ3v) is 2.73. The summed E-state index contributed by atoms with van der Waals surface area (Å²) in [6, 6.07) is 8.62. The summed E-state index contributed by atoms with van der Waals surface area (Å²) < 4.78 is 25.6. The van der Waals surface area contributed by atoms with E-state index in [1.807, 2.05) is 6.07 Å². The molecule has 1 fully saturated rings. The normalized spacial score (nSPS) is 21.5. The van der Waals surface area contributed by atoms with Gasteiger partial charge in [-0.15, -0.1) is 0 Å². The molecular weight excluding hydrogens is 198 g/mol. The van der Waals surface area contributed by atoms with Crippen LogP contribution in [0.2, 0.25) is 0 Å². The van der Waals surface area contributed by atoms with Crippen LogP contribution in [0.1, 0.15) is 24.0 Å². The van der Waals surface area contributed by atoms with E-state index in [1.54, 1.807) is 24.3 Å². The number of rotatable bonds is 1. The molecule has 0 bridgehead atoms. The van der Waals surface area contributed by atoms with Crippen molar-refractivity contribution in [3.8, 4) is 6.07 Å². The number of nitriles is 1. The van der Waals surface area contributed by atoms with Crippen LogP contribution in [0.5, 0.6) is 0 Å². The van der Waals surface area contributed by atoms with Crippen LogP contribution in [0.4, 0.5) is 8.78 Å². The number of nitrogens with zero attached hydrogens (tertiary/aromatic N) is 1. The summed E-state index contributed by atoms with van der Waals surface area (Å²) >= 11 is 0. The van der Waals surface area contributed by atoms with E-state index in [0.29, 0.717) is 11.1 Å². The van der Waals surface area contributed by atoms with Crippen molar-refractivity contribution < 1.29 is 8.78 Å². The first-order valence-corrected chi connectivity index (χ1v) is 4.63. The summed E-state index contributed by atoms with van der Waals surface area (Å²) in [5.41, 5.74) is 5.72. The first-order chi connectivity index (χ1) is 6.97. The van der Waals surface area contributed by atoms with Crippen molar-refractivity contribution in [1.29, 1.82) is 5.26 Å². The van der Waals surface area contributed by atoms with Gasteiger partial charge in [0.25, 0.3) is 5.92 Å². The molecule has 0 heterocycles. The van der Waals surface area contributed by atoms with Crippen LogP contribution in [0, 0.1) is 11.3 Å². The minimum absolute atomic E-state index is 0.376. The molecule has 1 aliphatic carbocycles. The fraction of sp³-hybridized carbons (Fsp3) is 0.364. The lowest BCUT2D eigenvalue weighted by Crippen LogP contribution is -2.55. The number of nitrogens with two attached hydrogens (primary N) is 1. The highest BCUT2D eigenvalue weighted by atomic mass is 19.3. The Morgan fingerprint density at radius 2 is 1.87 bits per heavy atom. The van der Waals surface area contributed by atoms with Gasteiger partial charge in [-0.2, -0.15) is 5.26 Å². The molecule has 0 aromatic heterocycles. The van der Waals surface area contributed by atoms with E-state index in [9.17, 15) is 8.78 Å². The van der Waals surface area contributed by atoms with E-state index >= 15 is 0 Å². The molecule has 0 unspecified atom stereocenters. The number of halogens is 2. The maximum absolute atomic E-state index is 12.8. The maximum atomic E-state index is 12.8. The number of alkyl halides is 2. The Balaban J connectivity index is 2.36. The molecule has 0 spiro atoms. The van der Waals surface area contributed by atoms with Gasteiger partial charge in [0.2, 0.25) is 0 Å². The highest BCUT2D eigenvalue weighted by Crippen LogP contribution is 2.50. The summed E-state index contributed by atoms with van der Waals surface area (Å²) in [5, 5.41) is 8.84. The van der Waals surface area contributed by atoms with E-state index in [4.69, 9.17) is 11.0 Å². The highest BCUT2D eigenvalue weighted by molar-refractivity contribution is 5.43. The Morgan fingerprint density at radius 1 is 1.27 bits per heavy atom. The highest BCUT2D eigenvalue weighted by Gasteiger charge is 2.55. The number of hydrogen-bond acceptors (Lipinski definition) is 2. The molecule has 0 radical (unpaired) electrons. The Labute approximate surface area is 86.3 Å². The second-order valence-electron chi connectivity index (χ2n) is 4.02. The molecule has 2 rings (SSSR count). The van der Waals surface area contributed by atoms with Crippen molar-refractivity contribution in [3.63, 3.8) is 0 Å². The Morgan fingerprint density at radius 3 is 2.40 bits per heavy atom. The van der Waals surface area contributed by atoms with E-state index in [1.165, 1.54) is 0 Å². The van der Waals surface area contributed by atoms with Crippen molar-refractivity contribution in [3.05, 3.63) is 35.4 Å². The largest absolute Gasteiger partial charge is 0.321 e. The average molecular weight is 208 g/mol. The van der Waals surface area contributed by atoms with Gasteiger partial charge in [-0.1, -0.05) is 18.2 Å². The molecule has 1 aromatic carbocycles. The lowest BCUT2D eigenvalue weighted by molar-refractivity contribution is -0.125. The summed E-state index contributed by atoms with van der Waals surface area (Å²) in [7, 11) is 0. The molecule has 78 valence electrons. The van der Waals surface area contributed by atoms with Crippen LogP contribution in [0.15, 0.2) is 24.3 Å². The summed E-state index contributed by atoms with van der Waals surface area (Å²) in [6.07, 6.45) is -0.753. The second-order valence-corrected chi connectivity index (χ2v) is 4.02. The topological polar surface area (TPSA) is 49.8 Å². The summed E-state index contributed by atoms with van der Waals surface area (Å²) in [5.74, 6) is -2.68. The molecule has 0 amide bonds. The molecule has 1 aromatic rings. The lowest BCUT2D eigenvalue weighted by Gasteiger charge is -2.45. The predicted molar refractivity (Wildman–Crippen MR) is 51.2 cm³/mol. The molecular formula is C11H10F2N2. The van der Waals surface area contributed by atoms with Crippen molar-refractivity contribution in [2.45, 2.75) is 24.3 Å². The monoisotopic (exact) mass is 208 g/mol. The van der Waals surface area contributed by atoms with E-state index < -0.39 is 11.5 Å².